The van der Waals surface area contributed by atoms with Gasteiger partial charge in [-0.2, -0.15) is 5.26 Å². The molecule has 170 valence electrons. The molecule has 0 bridgehead atoms. The number of nitrogens with zero attached hydrogens (tertiary/aromatic N) is 3. The van der Waals surface area contributed by atoms with Crippen LogP contribution in [0.15, 0.2) is 17.1 Å². The van der Waals surface area contributed by atoms with E-state index in [1.54, 1.807) is 4.57 Å². The van der Waals surface area contributed by atoms with Gasteiger partial charge in [-0.25, -0.2) is 9.18 Å². The summed E-state index contributed by atoms with van der Waals surface area (Å²) in [7, 11) is 1.45. The third-order valence-electron chi connectivity index (χ3n) is 6.61. The lowest BCUT2D eigenvalue weighted by Crippen LogP contribution is -2.60. The molecule has 2 N–H and O–H groups in total. The van der Waals surface area contributed by atoms with Crippen LogP contribution >= 0.6 is 0 Å². The number of nitriles is 1. The Balaban J connectivity index is 1.76. The maximum absolute atomic E-state index is 15.3. The lowest BCUT2D eigenvalue weighted by Gasteiger charge is -2.51. The monoisotopic (exact) mass is 442 g/mol. The van der Waals surface area contributed by atoms with Crippen molar-refractivity contribution < 1.29 is 19.0 Å². The summed E-state index contributed by atoms with van der Waals surface area (Å²) in [5.74, 6) is -1.66. The van der Waals surface area contributed by atoms with E-state index < -0.39 is 17.2 Å². The van der Waals surface area contributed by atoms with E-state index in [1.807, 2.05) is 4.90 Å². The molecule has 0 atom stereocenters. The molecule has 9 heteroatoms. The molecule has 4 rings (SSSR count). The van der Waals surface area contributed by atoms with E-state index in [-0.39, 0.29) is 28.2 Å². The summed E-state index contributed by atoms with van der Waals surface area (Å²) in [6, 6.07) is 3.33. The zero-order valence-electron chi connectivity index (χ0n) is 18.3. The zero-order chi connectivity index (χ0) is 23.0. The number of hydrogen-bond donors (Lipinski definition) is 2. The number of benzene rings is 1. The number of fused-ring (bicyclic) bond motifs is 1. The number of carboxylic acids is 1. The number of pyridine rings is 1. The number of nitrogens with one attached hydrogen (secondary N) is 1. The molecule has 2 aromatic rings. The summed E-state index contributed by atoms with van der Waals surface area (Å²) in [4.78, 5) is 26.3. The van der Waals surface area contributed by atoms with Crippen molar-refractivity contribution in [3.8, 4) is 11.8 Å². The van der Waals surface area contributed by atoms with Gasteiger partial charge in [0.25, 0.3) is 0 Å². The number of aromatic carboxylic acids is 1. The average molecular weight is 442 g/mol. The van der Waals surface area contributed by atoms with E-state index in [9.17, 15) is 14.7 Å². The van der Waals surface area contributed by atoms with Gasteiger partial charge in [-0.15, -0.1) is 0 Å². The average Bonchev–Trinajstić information content (AvgIpc) is 3.58. The van der Waals surface area contributed by atoms with Crippen molar-refractivity contribution in [3.05, 3.63) is 33.9 Å². The molecule has 1 saturated heterocycles. The summed E-state index contributed by atoms with van der Waals surface area (Å²) in [5, 5.41) is 21.5. The number of aromatic nitrogens is 1. The minimum atomic E-state index is -1.32. The Bertz CT molecular complexity index is 1160. The highest BCUT2D eigenvalue weighted by Gasteiger charge is 2.44. The van der Waals surface area contributed by atoms with E-state index in [0.29, 0.717) is 37.3 Å². The number of ether oxygens (including phenoxy) is 1. The van der Waals surface area contributed by atoms with Crippen LogP contribution < -0.4 is 20.4 Å². The standard InChI is InChI=1S/C23H27FN4O4/c1-3-23(11-26-8-4-7-25)12-27(13-23)19-17(24)9-15-18(21(19)32-2)28(14-5-6-14)10-16(20(15)29)22(30)31/h9-10,14,26H,3-6,8,11-13H2,1-2H3,(H,30,31). The molecule has 1 aromatic carbocycles. The Morgan fingerprint density at radius 2 is 2.16 bits per heavy atom. The third-order valence-corrected chi connectivity index (χ3v) is 6.61. The topological polar surface area (TPSA) is 108 Å². The Kier molecular flexibility index (Phi) is 5.82. The molecule has 0 unspecified atom stereocenters. The summed E-state index contributed by atoms with van der Waals surface area (Å²) < 4.78 is 22.7. The molecule has 32 heavy (non-hydrogen) atoms. The molecule has 8 nitrogen and oxygen atoms in total. The van der Waals surface area contributed by atoms with Gasteiger partial charge in [-0.1, -0.05) is 6.92 Å². The van der Waals surface area contributed by atoms with Crippen LogP contribution in [0.3, 0.4) is 0 Å². The number of hydrogen-bond acceptors (Lipinski definition) is 6. The minimum Gasteiger partial charge on any atom is -0.492 e. The van der Waals surface area contributed by atoms with Crippen molar-refractivity contribution in [1.82, 2.24) is 9.88 Å². The van der Waals surface area contributed by atoms with Gasteiger partial charge >= 0.3 is 5.97 Å². The predicted octanol–water partition coefficient (Wildman–Crippen LogP) is 2.90. The number of carboxylic acid groups (broad SMARTS) is 1. The first-order valence-electron chi connectivity index (χ1n) is 10.9. The first-order chi connectivity index (χ1) is 15.4. The Hall–Kier alpha value is -3.12. The summed E-state index contributed by atoms with van der Waals surface area (Å²) in [6.07, 6.45) is 4.43. The minimum absolute atomic E-state index is 0.0235. The normalized spacial score (nSPS) is 17.1. The molecule has 1 aromatic heterocycles. The molecule has 0 spiro atoms. The van der Waals surface area contributed by atoms with Crippen LogP contribution in [-0.4, -0.2) is 48.9 Å². The van der Waals surface area contributed by atoms with Crippen LogP contribution in [0.1, 0.15) is 49.0 Å². The van der Waals surface area contributed by atoms with Crippen LogP contribution in [-0.2, 0) is 0 Å². The smallest absolute Gasteiger partial charge is 0.341 e. The highest BCUT2D eigenvalue weighted by atomic mass is 19.1. The number of methoxy groups -OCH3 is 1. The first kappa shape index (κ1) is 22.1. The molecule has 1 saturated carbocycles. The van der Waals surface area contributed by atoms with Crippen LogP contribution in [0.25, 0.3) is 10.9 Å². The lowest BCUT2D eigenvalue weighted by molar-refractivity contribution is 0.0694. The van der Waals surface area contributed by atoms with Crippen LogP contribution in [0.2, 0.25) is 0 Å². The van der Waals surface area contributed by atoms with Crippen molar-refractivity contribution in [2.75, 3.05) is 38.2 Å². The number of carbonyl (C=O) groups is 1. The summed E-state index contributed by atoms with van der Waals surface area (Å²) in [6.45, 7) is 4.67. The van der Waals surface area contributed by atoms with Gasteiger partial charge in [0.15, 0.2) is 11.6 Å². The van der Waals surface area contributed by atoms with Crippen molar-refractivity contribution in [2.24, 2.45) is 5.41 Å². The predicted molar refractivity (Wildman–Crippen MR) is 118 cm³/mol. The van der Waals surface area contributed by atoms with Gasteiger partial charge in [0, 0.05) is 50.3 Å². The van der Waals surface area contributed by atoms with E-state index >= 15 is 4.39 Å². The molecule has 0 radical (unpaired) electrons. The molecule has 2 heterocycles. The van der Waals surface area contributed by atoms with Gasteiger partial charge in [0.1, 0.15) is 11.3 Å². The second-order valence-corrected chi connectivity index (χ2v) is 8.75. The fraction of sp³-hybridized carbons (Fsp3) is 0.522. The van der Waals surface area contributed by atoms with Gasteiger partial charge < -0.3 is 24.6 Å². The third kappa shape index (κ3) is 3.69. The van der Waals surface area contributed by atoms with Gasteiger partial charge in [0.05, 0.1) is 24.1 Å². The Morgan fingerprint density at radius 1 is 1.44 bits per heavy atom. The Morgan fingerprint density at radius 3 is 2.72 bits per heavy atom. The lowest BCUT2D eigenvalue weighted by atomic mass is 9.76. The van der Waals surface area contributed by atoms with Crippen LogP contribution in [0.5, 0.6) is 5.75 Å². The number of anilines is 1. The van der Waals surface area contributed by atoms with Crippen molar-refractivity contribution in [2.45, 2.75) is 38.6 Å². The fourth-order valence-electron chi connectivity index (χ4n) is 4.60. The van der Waals surface area contributed by atoms with Gasteiger partial charge in [0.2, 0.25) is 5.43 Å². The van der Waals surface area contributed by atoms with E-state index in [0.717, 1.165) is 31.9 Å². The van der Waals surface area contributed by atoms with E-state index in [1.165, 1.54) is 13.3 Å². The van der Waals surface area contributed by atoms with Gasteiger partial charge in [-0.3, -0.25) is 4.79 Å². The van der Waals surface area contributed by atoms with Crippen LogP contribution in [0, 0.1) is 22.6 Å². The largest absolute Gasteiger partial charge is 0.492 e. The molecule has 2 fully saturated rings. The molecule has 1 aliphatic heterocycles. The van der Waals surface area contributed by atoms with Crippen molar-refractivity contribution >= 4 is 22.6 Å². The van der Waals surface area contributed by atoms with Crippen molar-refractivity contribution in [1.29, 1.82) is 5.26 Å². The molecular formula is C23H27FN4O4. The maximum Gasteiger partial charge on any atom is 0.341 e. The molecule has 1 aliphatic carbocycles. The van der Waals surface area contributed by atoms with Crippen molar-refractivity contribution in [3.63, 3.8) is 0 Å². The van der Waals surface area contributed by atoms with E-state index in [2.05, 4.69) is 18.3 Å². The van der Waals surface area contributed by atoms with Crippen LogP contribution in [0.4, 0.5) is 10.1 Å². The quantitative estimate of drug-likeness (QED) is 0.575. The van der Waals surface area contributed by atoms with E-state index in [4.69, 9.17) is 10.00 Å². The number of halogens is 1. The fourth-order valence-corrected chi connectivity index (χ4v) is 4.60. The summed E-state index contributed by atoms with van der Waals surface area (Å²) >= 11 is 0. The zero-order valence-corrected chi connectivity index (χ0v) is 18.3. The molecule has 0 amide bonds. The molecular weight excluding hydrogens is 415 g/mol. The Labute approximate surface area is 185 Å². The molecule has 2 aliphatic rings. The second-order valence-electron chi connectivity index (χ2n) is 8.75. The second kappa shape index (κ2) is 8.43. The highest BCUT2D eigenvalue weighted by molar-refractivity contribution is 5.97. The highest BCUT2D eigenvalue weighted by Crippen LogP contribution is 2.47. The van der Waals surface area contributed by atoms with Gasteiger partial charge in [-0.05, 0) is 25.3 Å². The SMILES string of the molecule is CCC1(CNCCC#N)CN(c2c(F)cc3c(=O)c(C(=O)O)cn(C4CC4)c3c2OC)C1. The first-order valence-corrected chi connectivity index (χ1v) is 10.9. The number of rotatable bonds is 9. The maximum atomic E-state index is 15.3. The summed E-state index contributed by atoms with van der Waals surface area (Å²) in [5.41, 5.74) is -0.358.